The number of carboxylic acid groups (broad SMARTS) is 1. The molecule has 19 heavy (non-hydrogen) atoms. The number of ether oxygens (including phenoxy) is 1. The van der Waals surface area contributed by atoms with E-state index in [1.807, 2.05) is 6.07 Å². The third-order valence-electron chi connectivity index (χ3n) is 2.52. The molecule has 0 bridgehead atoms. The van der Waals surface area contributed by atoms with Gasteiger partial charge in [0, 0.05) is 16.7 Å². The van der Waals surface area contributed by atoms with Crippen molar-refractivity contribution in [2.45, 2.75) is 6.61 Å². The Hall–Kier alpha value is -2.07. The lowest BCUT2D eigenvalue weighted by molar-refractivity contribution is 0.0692. The molecule has 0 radical (unpaired) electrons. The van der Waals surface area contributed by atoms with Crippen molar-refractivity contribution in [3.63, 3.8) is 0 Å². The van der Waals surface area contributed by atoms with Gasteiger partial charge in [0.15, 0.2) is 0 Å². The molecule has 0 spiro atoms. The maximum absolute atomic E-state index is 13.4. The molecule has 0 saturated carbocycles. The largest absolute Gasteiger partial charge is 0.489 e. The van der Waals surface area contributed by atoms with Crippen LogP contribution in [0.3, 0.4) is 0 Å². The zero-order chi connectivity index (χ0) is 13.8. The lowest BCUT2D eigenvalue weighted by Crippen LogP contribution is -2.02. The van der Waals surface area contributed by atoms with Crippen molar-refractivity contribution in [2.24, 2.45) is 0 Å². The van der Waals surface area contributed by atoms with Gasteiger partial charge in [0.1, 0.15) is 18.2 Å². The molecular formula is C14H10ClFO3. The van der Waals surface area contributed by atoms with Crippen LogP contribution < -0.4 is 4.74 Å². The summed E-state index contributed by atoms with van der Waals surface area (Å²) in [5, 5.41) is 9.26. The van der Waals surface area contributed by atoms with Gasteiger partial charge in [0.05, 0.1) is 5.56 Å². The Labute approximate surface area is 114 Å². The number of hydrogen-bond donors (Lipinski definition) is 1. The normalized spacial score (nSPS) is 10.2. The number of aromatic carboxylic acids is 1. The SMILES string of the molecule is O=C(O)c1ccc(OCc2ccccc2Cl)cc1F. The van der Waals surface area contributed by atoms with Gasteiger partial charge in [0.25, 0.3) is 0 Å². The van der Waals surface area contributed by atoms with E-state index in [1.54, 1.807) is 18.2 Å². The number of benzene rings is 2. The van der Waals surface area contributed by atoms with Crippen LogP contribution in [0.4, 0.5) is 4.39 Å². The van der Waals surface area contributed by atoms with Gasteiger partial charge in [0.2, 0.25) is 0 Å². The molecule has 0 atom stereocenters. The summed E-state index contributed by atoms with van der Waals surface area (Å²) in [6, 6.07) is 10.8. The second kappa shape index (κ2) is 5.71. The van der Waals surface area contributed by atoms with E-state index in [9.17, 15) is 9.18 Å². The first-order valence-electron chi connectivity index (χ1n) is 5.47. The van der Waals surface area contributed by atoms with Crippen molar-refractivity contribution < 1.29 is 19.0 Å². The molecule has 0 aliphatic heterocycles. The topological polar surface area (TPSA) is 46.5 Å². The molecule has 0 amide bonds. The van der Waals surface area contributed by atoms with Gasteiger partial charge in [-0.1, -0.05) is 29.8 Å². The van der Waals surface area contributed by atoms with Crippen LogP contribution in [0.5, 0.6) is 5.75 Å². The molecule has 98 valence electrons. The molecule has 0 fully saturated rings. The van der Waals surface area contributed by atoms with Crippen LogP contribution in [-0.2, 0) is 6.61 Å². The van der Waals surface area contributed by atoms with Crippen LogP contribution in [-0.4, -0.2) is 11.1 Å². The monoisotopic (exact) mass is 280 g/mol. The van der Waals surface area contributed by atoms with E-state index < -0.39 is 11.8 Å². The molecule has 5 heteroatoms. The molecule has 2 rings (SSSR count). The number of carbonyl (C=O) groups is 1. The van der Waals surface area contributed by atoms with Gasteiger partial charge in [-0.15, -0.1) is 0 Å². The summed E-state index contributed by atoms with van der Waals surface area (Å²) in [4.78, 5) is 10.7. The third kappa shape index (κ3) is 3.23. The summed E-state index contributed by atoms with van der Waals surface area (Å²) >= 11 is 5.96. The molecule has 1 N–H and O–H groups in total. The van der Waals surface area contributed by atoms with Crippen LogP contribution in [0.25, 0.3) is 0 Å². The molecule has 0 saturated heterocycles. The predicted molar refractivity (Wildman–Crippen MR) is 69.1 cm³/mol. The van der Waals surface area contributed by atoms with Crippen LogP contribution in [0.1, 0.15) is 15.9 Å². The Kier molecular flexibility index (Phi) is 4.02. The second-order valence-corrected chi connectivity index (χ2v) is 4.23. The molecule has 0 unspecified atom stereocenters. The fourth-order valence-electron chi connectivity index (χ4n) is 1.54. The highest BCUT2D eigenvalue weighted by Crippen LogP contribution is 2.20. The summed E-state index contributed by atoms with van der Waals surface area (Å²) in [5.74, 6) is -1.89. The van der Waals surface area contributed by atoms with Gasteiger partial charge in [-0.3, -0.25) is 0 Å². The van der Waals surface area contributed by atoms with Crippen LogP contribution >= 0.6 is 11.6 Å². The van der Waals surface area contributed by atoms with Crippen molar-refractivity contribution in [1.29, 1.82) is 0 Å². The number of carboxylic acids is 1. The fraction of sp³-hybridized carbons (Fsp3) is 0.0714. The standard InChI is InChI=1S/C14H10ClFO3/c15-12-4-2-1-3-9(12)8-19-10-5-6-11(14(17)18)13(16)7-10/h1-7H,8H2,(H,17,18). The Balaban J connectivity index is 2.11. The van der Waals surface area contributed by atoms with E-state index in [-0.39, 0.29) is 17.9 Å². The molecule has 3 nitrogen and oxygen atoms in total. The molecule has 0 aliphatic rings. The smallest absolute Gasteiger partial charge is 0.338 e. The van der Waals surface area contributed by atoms with E-state index >= 15 is 0 Å². The maximum Gasteiger partial charge on any atom is 0.338 e. The van der Waals surface area contributed by atoms with Crippen LogP contribution in [0.2, 0.25) is 5.02 Å². The van der Waals surface area contributed by atoms with Crippen molar-refractivity contribution in [3.8, 4) is 5.75 Å². The second-order valence-electron chi connectivity index (χ2n) is 3.83. The zero-order valence-corrected chi connectivity index (χ0v) is 10.5. The first-order valence-corrected chi connectivity index (χ1v) is 5.85. The van der Waals surface area contributed by atoms with Gasteiger partial charge in [-0.25, -0.2) is 9.18 Å². The van der Waals surface area contributed by atoms with Crippen molar-refractivity contribution in [2.75, 3.05) is 0 Å². The summed E-state index contributed by atoms with van der Waals surface area (Å²) in [6.07, 6.45) is 0. The average molecular weight is 281 g/mol. The molecule has 2 aromatic rings. The van der Waals surface area contributed by atoms with Crippen molar-refractivity contribution in [3.05, 3.63) is 64.4 Å². The molecule has 2 aromatic carbocycles. The molecular weight excluding hydrogens is 271 g/mol. The van der Waals surface area contributed by atoms with E-state index in [1.165, 1.54) is 12.1 Å². The highest BCUT2D eigenvalue weighted by atomic mass is 35.5. The van der Waals surface area contributed by atoms with Gasteiger partial charge < -0.3 is 9.84 Å². The number of hydrogen-bond acceptors (Lipinski definition) is 2. The van der Waals surface area contributed by atoms with E-state index in [2.05, 4.69) is 0 Å². The summed E-state index contributed by atoms with van der Waals surface area (Å²) < 4.78 is 18.8. The maximum atomic E-state index is 13.4. The quantitative estimate of drug-likeness (QED) is 0.927. The predicted octanol–water partition coefficient (Wildman–Crippen LogP) is 3.76. The van der Waals surface area contributed by atoms with Crippen LogP contribution in [0.15, 0.2) is 42.5 Å². The Morgan fingerprint density at radius 1 is 1.26 bits per heavy atom. The third-order valence-corrected chi connectivity index (χ3v) is 2.89. The number of rotatable bonds is 4. The lowest BCUT2D eigenvalue weighted by Gasteiger charge is -2.08. The van der Waals surface area contributed by atoms with Crippen LogP contribution in [0, 0.1) is 5.82 Å². The van der Waals surface area contributed by atoms with Crippen molar-refractivity contribution >= 4 is 17.6 Å². The van der Waals surface area contributed by atoms with Gasteiger partial charge in [-0.2, -0.15) is 0 Å². The van der Waals surface area contributed by atoms with E-state index in [0.29, 0.717) is 5.02 Å². The minimum Gasteiger partial charge on any atom is -0.489 e. The van der Waals surface area contributed by atoms with E-state index in [4.69, 9.17) is 21.4 Å². The highest BCUT2D eigenvalue weighted by molar-refractivity contribution is 6.31. The molecule has 0 heterocycles. The average Bonchev–Trinajstić information content (AvgIpc) is 2.37. The summed E-state index contributed by atoms with van der Waals surface area (Å²) in [6.45, 7) is 0.186. The number of halogens is 2. The fourth-order valence-corrected chi connectivity index (χ4v) is 1.73. The van der Waals surface area contributed by atoms with Gasteiger partial charge in [-0.05, 0) is 18.2 Å². The zero-order valence-electron chi connectivity index (χ0n) is 9.77. The van der Waals surface area contributed by atoms with Crippen molar-refractivity contribution in [1.82, 2.24) is 0 Å². The van der Waals surface area contributed by atoms with Gasteiger partial charge >= 0.3 is 5.97 Å². The summed E-state index contributed by atoms with van der Waals surface area (Å²) in [5.41, 5.74) is 0.386. The molecule has 0 aliphatic carbocycles. The minimum atomic E-state index is -1.31. The lowest BCUT2D eigenvalue weighted by atomic mass is 10.2. The Morgan fingerprint density at radius 3 is 2.63 bits per heavy atom. The Bertz CT molecular complexity index is 613. The Morgan fingerprint density at radius 2 is 2.00 bits per heavy atom. The summed E-state index contributed by atoms with van der Waals surface area (Å²) in [7, 11) is 0. The first kappa shape index (κ1) is 13.4. The first-order chi connectivity index (χ1) is 9.08. The highest BCUT2D eigenvalue weighted by Gasteiger charge is 2.11. The molecule has 0 aromatic heterocycles. The minimum absolute atomic E-state index is 0.186. The van der Waals surface area contributed by atoms with E-state index in [0.717, 1.165) is 11.6 Å².